The Hall–Kier alpha value is -0.590. The van der Waals surface area contributed by atoms with E-state index in [4.69, 9.17) is 0 Å². The van der Waals surface area contributed by atoms with E-state index in [1.54, 1.807) is 0 Å². The van der Waals surface area contributed by atoms with E-state index in [0.717, 1.165) is 25.7 Å². The molecule has 54 valence electrons. The van der Waals surface area contributed by atoms with Crippen molar-refractivity contribution in [2.24, 2.45) is 5.41 Å². The van der Waals surface area contributed by atoms with Crippen LogP contribution in [0, 0.1) is 5.41 Å². The SMILES string of the molecule is CC1=CCCC(=O)C12CC2. The minimum absolute atomic E-state index is 0.0677. The number of rotatable bonds is 0. The first kappa shape index (κ1) is 6.14. The number of hydrogen-bond donors (Lipinski definition) is 0. The first-order valence-corrected chi connectivity index (χ1v) is 3.96. The topological polar surface area (TPSA) is 17.1 Å². The van der Waals surface area contributed by atoms with Crippen LogP contribution in [0.2, 0.25) is 0 Å². The Kier molecular flexibility index (Phi) is 1.05. The molecule has 1 nitrogen and oxygen atoms in total. The highest BCUT2D eigenvalue weighted by molar-refractivity contribution is 5.91. The van der Waals surface area contributed by atoms with E-state index < -0.39 is 0 Å². The van der Waals surface area contributed by atoms with Crippen molar-refractivity contribution in [3.8, 4) is 0 Å². The summed E-state index contributed by atoms with van der Waals surface area (Å²) in [5, 5.41) is 0. The zero-order valence-electron chi connectivity index (χ0n) is 6.31. The van der Waals surface area contributed by atoms with Gasteiger partial charge in [0, 0.05) is 11.8 Å². The van der Waals surface area contributed by atoms with Crippen LogP contribution in [0.15, 0.2) is 11.6 Å². The number of carbonyl (C=O) groups is 1. The van der Waals surface area contributed by atoms with Crippen LogP contribution in [0.3, 0.4) is 0 Å². The number of Topliss-reactive ketones (excluding diaryl/α,β-unsaturated/α-hetero) is 1. The summed E-state index contributed by atoms with van der Waals surface area (Å²) in [6, 6.07) is 0. The van der Waals surface area contributed by atoms with Crippen LogP contribution in [0.25, 0.3) is 0 Å². The normalized spacial score (nSPS) is 28.5. The van der Waals surface area contributed by atoms with Crippen molar-refractivity contribution >= 4 is 5.78 Å². The van der Waals surface area contributed by atoms with E-state index in [-0.39, 0.29) is 5.41 Å². The molecule has 1 heteroatoms. The fourth-order valence-electron chi connectivity index (χ4n) is 1.87. The molecule has 0 atom stereocenters. The van der Waals surface area contributed by atoms with E-state index in [1.165, 1.54) is 5.57 Å². The second-order valence-corrected chi connectivity index (χ2v) is 3.43. The van der Waals surface area contributed by atoms with Gasteiger partial charge in [0.15, 0.2) is 0 Å². The van der Waals surface area contributed by atoms with Crippen molar-refractivity contribution in [1.29, 1.82) is 0 Å². The number of ketones is 1. The summed E-state index contributed by atoms with van der Waals surface area (Å²) >= 11 is 0. The van der Waals surface area contributed by atoms with Crippen LogP contribution in [-0.2, 0) is 4.79 Å². The van der Waals surface area contributed by atoms with Gasteiger partial charge in [-0.25, -0.2) is 0 Å². The minimum atomic E-state index is 0.0677. The maximum absolute atomic E-state index is 11.3. The minimum Gasteiger partial charge on any atom is -0.299 e. The lowest BCUT2D eigenvalue weighted by atomic mass is 9.84. The highest BCUT2D eigenvalue weighted by atomic mass is 16.1. The Morgan fingerprint density at radius 1 is 1.50 bits per heavy atom. The summed E-state index contributed by atoms with van der Waals surface area (Å²) in [7, 11) is 0. The van der Waals surface area contributed by atoms with Gasteiger partial charge in [-0.2, -0.15) is 0 Å². The quantitative estimate of drug-likeness (QED) is 0.466. The molecule has 0 N–H and O–H groups in total. The maximum atomic E-state index is 11.3. The molecule has 2 aliphatic carbocycles. The van der Waals surface area contributed by atoms with Crippen molar-refractivity contribution in [2.45, 2.75) is 32.6 Å². The van der Waals surface area contributed by atoms with Gasteiger partial charge in [0.05, 0.1) is 0 Å². The Morgan fingerprint density at radius 2 is 2.20 bits per heavy atom. The molecular weight excluding hydrogens is 124 g/mol. The van der Waals surface area contributed by atoms with Gasteiger partial charge in [-0.15, -0.1) is 0 Å². The molecule has 0 bridgehead atoms. The van der Waals surface area contributed by atoms with Crippen molar-refractivity contribution in [1.82, 2.24) is 0 Å². The zero-order valence-corrected chi connectivity index (χ0v) is 6.31. The van der Waals surface area contributed by atoms with Gasteiger partial charge in [0.1, 0.15) is 5.78 Å². The monoisotopic (exact) mass is 136 g/mol. The molecule has 0 aromatic rings. The van der Waals surface area contributed by atoms with Crippen LogP contribution in [0.5, 0.6) is 0 Å². The Balaban J connectivity index is 2.35. The largest absolute Gasteiger partial charge is 0.299 e. The lowest BCUT2D eigenvalue weighted by Gasteiger charge is -2.18. The lowest BCUT2D eigenvalue weighted by molar-refractivity contribution is -0.123. The molecule has 2 rings (SSSR count). The standard InChI is InChI=1S/C9H12O/c1-7-3-2-4-8(10)9(7)5-6-9/h3H,2,4-6H2,1H3. The van der Waals surface area contributed by atoms with Gasteiger partial charge in [0.2, 0.25) is 0 Å². The highest BCUT2D eigenvalue weighted by Gasteiger charge is 2.51. The number of carbonyl (C=O) groups excluding carboxylic acids is 1. The van der Waals surface area contributed by atoms with Gasteiger partial charge in [0.25, 0.3) is 0 Å². The van der Waals surface area contributed by atoms with Gasteiger partial charge >= 0.3 is 0 Å². The molecule has 0 saturated heterocycles. The third-order valence-corrected chi connectivity index (χ3v) is 2.86. The molecule has 0 aromatic carbocycles. The summed E-state index contributed by atoms with van der Waals surface area (Å²) in [5.41, 5.74) is 1.40. The van der Waals surface area contributed by atoms with Crippen LogP contribution >= 0.6 is 0 Å². The molecule has 0 aromatic heterocycles. The van der Waals surface area contributed by atoms with E-state index in [2.05, 4.69) is 13.0 Å². The first-order chi connectivity index (χ1) is 4.76. The van der Waals surface area contributed by atoms with Crippen LogP contribution in [-0.4, -0.2) is 5.78 Å². The summed E-state index contributed by atoms with van der Waals surface area (Å²) < 4.78 is 0. The third-order valence-electron chi connectivity index (χ3n) is 2.86. The Bertz CT molecular complexity index is 209. The molecule has 2 aliphatic rings. The van der Waals surface area contributed by atoms with E-state index >= 15 is 0 Å². The molecule has 10 heavy (non-hydrogen) atoms. The average Bonchev–Trinajstić information content (AvgIpc) is 2.64. The summed E-state index contributed by atoms with van der Waals surface area (Å²) in [6.45, 7) is 2.10. The van der Waals surface area contributed by atoms with Gasteiger partial charge < -0.3 is 0 Å². The summed E-state index contributed by atoms with van der Waals surface area (Å²) in [5.74, 6) is 0.493. The van der Waals surface area contributed by atoms with E-state index in [9.17, 15) is 4.79 Å². The fourth-order valence-corrected chi connectivity index (χ4v) is 1.87. The van der Waals surface area contributed by atoms with Crippen molar-refractivity contribution in [2.75, 3.05) is 0 Å². The van der Waals surface area contributed by atoms with E-state index in [1.807, 2.05) is 0 Å². The molecule has 0 amide bonds. The highest BCUT2D eigenvalue weighted by Crippen LogP contribution is 2.54. The second-order valence-electron chi connectivity index (χ2n) is 3.43. The van der Waals surface area contributed by atoms with Gasteiger partial charge in [-0.1, -0.05) is 11.6 Å². The maximum Gasteiger partial charge on any atom is 0.143 e. The molecule has 0 radical (unpaired) electrons. The predicted octanol–water partition coefficient (Wildman–Crippen LogP) is 2.08. The predicted molar refractivity (Wildman–Crippen MR) is 39.7 cm³/mol. The second kappa shape index (κ2) is 1.71. The van der Waals surface area contributed by atoms with Crippen LogP contribution in [0.4, 0.5) is 0 Å². The lowest BCUT2D eigenvalue weighted by Crippen LogP contribution is -2.19. The number of hydrogen-bond acceptors (Lipinski definition) is 1. The van der Waals surface area contributed by atoms with Gasteiger partial charge in [-0.3, -0.25) is 4.79 Å². The summed E-state index contributed by atoms with van der Waals surface area (Å²) in [4.78, 5) is 11.3. The van der Waals surface area contributed by atoms with Gasteiger partial charge in [-0.05, 0) is 26.2 Å². The molecule has 0 heterocycles. The molecule has 1 saturated carbocycles. The molecule has 1 fully saturated rings. The molecule has 1 spiro atoms. The van der Waals surface area contributed by atoms with Crippen LogP contribution < -0.4 is 0 Å². The molecular formula is C9H12O. The van der Waals surface area contributed by atoms with Crippen LogP contribution in [0.1, 0.15) is 32.6 Å². The average molecular weight is 136 g/mol. The summed E-state index contributed by atoms with van der Waals surface area (Å²) in [6.07, 6.45) is 6.24. The van der Waals surface area contributed by atoms with Crippen molar-refractivity contribution < 1.29 is 4.79 Å². The fraction of sp³-hybridized carbons (Fsp3) is 0.667. The molecule has 0 unspecified atom stereocenters. The van der Waals surface area contributed by atoms with Crippen molar-refractivity contribution in [3.05, 3.63) is 11.6 Å². The molecule has 0 aliphatic heterocycles. The Morgan fingerprint density at radius 3 is 2.60 bits per heavy atom. The third kappa shape index (κ3) is 0.606. The smallest absolute Gasteiger partial charge is 0.143 e. The van der Waals surface area contributed by atoms with E-state index in [0.29, 0.717) is 5.78 Å². The Labute approximate surface area is 61.1 Å². The zero-order chi connectivity index (χ0) is 7.19. The number of allylic oxidation sites excluding steroid dienone is 2. The first-order valence-electron chi connectivity index (χ1n) is 3.96. The van der Waals surface area contributed by atoms with Crippen molar-refractivity contribution in [3.63, 3.8) is 0 Å².